The molecule has 0 saturated carbocycles. The van der Waals surface area contributed by atoms with Gasteiger partial charge in [-0.3, -0.25) is 0 Å². The summed E-state index contributed by atoms with van der Waals surface area (Å²) in [5.41, 5.74) is 1.06. The number of aliphatic hydroxyl groups is 1. The lowest BCUT2D eigenvalue weighted by atomic mass is 10.3. The molecule has 1 rings (SSSR count). The first-order valence-corrected chi connectivity index (χ1v) is 5.62. The molecular formula is C8H13NOS2. The summed E-state index contributed by atoms with van der Waals surface area (Å²) in [5.74, 6) is 0. The van der Waals surface area contributed by atoms with E-state index in [0.29, 0.717) is 0 Å². The number of aliphatic hydroxyl groups excluding tert-OH is 1. The average molecular weight is 203 g/mol. The molecule has 0 fully saturated rings. The standard InChI is InChI=1S/C8H13NOS2/c1-5-4-11-8(9-5)12-7(3)6(2)10/h4,6-7,10H,1-3H3. The van der Waals surface area contributed by atoms with Crippen LogP contribution in [0.25, 0.3) is 0 Å². The van der Waals surface area contributed by atoms with E-state index in [1.54, 1.807) is 30.0 Å². The summed E-state index contributed by atoms with van der Waals surface area (Å²) in [6.45, 7) is 5.79. The quantitative estimate of drug-likeness (QED) is 0.765. The zero-order valence-electron chi connectivity index (χ0n) is 7.44. The number of hydrogen-bond donors (Lipinski definition) is 1. The molecule has 0 bridgehead atoms. The van der Waals surface area contributed by atoms with Gasteiger partial charge in [0.1, 0.15) is 4.34 Å². The summed E-state index contributed by atoms with van der Waals surface area (Å²) < 4.78 is 1.04. The van der Waals surface area contributed by atoms with E-state index in [4.69, 9.17) is 0 Å². The highest BCUT2D eigenvalue weighted by Crippen LogP contribution is 2.27. The van der Waals surface area contributed by atoms with Crippen LogP contribution in [-0.4, -0.2) is 21.4 Å². The summed E-state index contributed by atoms with van der Waals surface area (Å²) in [4.78, 5) is 4.30. The lowest BCUT2D eigenvalue weighted by Crippen LogP contribution is -2.14. The molecule has 0 radical (unpaired) electrons. The van der Waals surface area contributed by atoms with Crippen molar-refractivity contribution in [3.63, 3.8) is 0 Å². The monoisotopic (exact) mass is 203 g/mol. The topological polar surface area (TPSA) is 33.1 Å². The Balaban J connectivity index is 2.52. The van der Waals surface area contributed by atoms with Crippen LogP contribution in [0.3, 0.4) is 0 Å². The molecule has 0 aromatic carbocycles. The molecule has 1 aromatic rings. The molecule has 0 spiro atoms. The molecule has 1 N–H and O–H groups in total. The van der Waals surface area contributed by atoms with Gasteiger partial charge >= 0.3 is 0 Å². The Morgan fingerprint density at radius 3 is 2.67 bits per heavy atom. The van der Waals surface area contributed by atoms with Crippen LogP contribution < -0.4 is 0 Å². The van der Waals surface area contributed by atoms with Crippen LogP contribution in [0.4, 0.5) is 0 Å². The van der Waals surface area contributed by atoms with Gasteiger partial charge in [0, 0.05) is 16.3 Å². The predicted octanol–water partition coefficient (Wildman–Crippen LogP) is 2.31. The summed E-state index contributed by atoms with van der Waals surface area (Å²) in [7, 11) is 0. The van der Waals surface area contributed by atoms with Crippen molar-refractivity contribution < 1.29 is 5.11 Å². The van der Waals surface area contributed by atoms with E-state index in [0.717, 1.165) is 10.0 Å². The maximum atomic E-state index is 9.25. The van der Waals surface area contributed by atoms with Crippen LogP contribution in [0, 0.1) is 6.92 Å². The second kappa shape index (κ2) is 4.25. The summed E-state index contributed by atoms with van der Waals surface area (Å²) in [6.07, 6.45) is -0.279. The highest BCUT2D eigenvalue weighted by molar-refractivity contribution is 8.01. The molecule has 0 aliphatic heterocycles. The van der Waals surface area contributed by atoms with E-state index in [1.807, 2.05) is 19.2 Å². The van der Waals surface area contributed by atoms with Gasteiger partial charge in [-0.05, 0) is 13.8 Å². The van der Waals surface area contributed by atoms with Gasteiger partial charge in [0.2, 0.25) is 0 Å². The molecule has 2 atom stereocenters. The fraction of sp³-hybridized carbons (Fsp3) is 0.625. The van der Waals surface area contributed by atoms with E-state index in [1.165, 1.54) is 0 Å². The Kier molecular flexibility index (Phi) is 3.55. The van der Waals surface area contributed by atoms with Gasteiger partial charge in [-0.2, -0.15) is 0 Å². The highest BCUT2D eigenvalue weighted by atomic mass is 32.2. The zero-order chi connectivity index (χ0) is 9.14. The molecule has 68 valence electrons. The summed E-state index contributed by atoms with van der Waals surface area (Å²) >= 11 is 3.27. The number of aromatic nitrogens is 1. The van der Waals surface area contributed by atoms with Crippen molar-refractivity contribution in [3.8, 4) is 0 Å². The van der Waals surface area contributed by atoms with Crippen molar-refractivity contribution in [2.45, 2.75) is 36.5 Å². The second-order valence-electron chi connectivity index (χ2n) is 2.82. The van der Waals surface area contributed by atoms with Crippen LogP contribution >= 0.6 is 23.1 Å². The van der Waals surface area contributed by atoms with Gasteiger partial charge in [-0.1, -0.05) is 18.7 Å². The first-order chi connectivity index (χ1) is 5.59. The van der Waals surface area contributed by atoms with Crippen molar-refractivity contribution in [1.82, 2.24) is 4.98 Å². The maximum absolute atomic E-state index is 9.25. The van der Waals surface area contributed by atoms with Crippen molar-refractivity contribution in [2.75, 3.05) is 0 Å². The van der Waals surface area contributed by atoms with E-state index < -0.39 is 0 Å². The molecule has 0 aliphatic rings. The fourth-order valence-electron chi connectivity index (χ4n) is 0.644. The number of thiazole rings is 1. The molecular weight excluding hydrogens is 190 g/mol. The van der Waals surface area contributed by atoms with Gasteiger partial charge < -0.3 is 5.11 Å². The number of aryl methyl sites for hydroxylation is 1. The average Bonchev–Trinajstić information content (AvgIpc) is 2.35. The highest BCUT2D eigenvalue weighted by Gasteiger charge is 2.11. The minimum atomic E-state index is -0.279. The fourth-order valence-corrected chi connectivity index (χ4v) is 2.70. The molecule has 0 saturated heterocycles. The largest absolute Gasteiger partial charge is 0.392 e. The first kappa shape index (κ1) is 10.0. The lowest BCUT2D eigenvalue weighted by Gasteiger charge is -2.11. The number of nitrogens with zero attached hydrogens (tertiary/aromatic N) is 1. The second-order valence-corrected chi connectivity index (χ2v) is 5.30. The first-order valence-electron chi connectivity index (χ1n) is 3.86. The van der Waals surface area contributed by atoms with Crippen LogP contribution in [0.5, 0.6) is 0 Å². The van der Waals surface area contributed by atoms with Crippen molar-refractivity contribution >= 4 is 23.1 Å². The van der Waals surface area contributed by atoms with Gasteiger partial charge in [0.25, 0.3) is 0 Å². The molecule has 12 heavy (non-hydrogen) atoms. The van der Waals surface area contributed by atoms with Gasteiger partial charge in [0.05, 0.1) is 6.10 Å². The van der Waals surface area contributed by atoms with Gasteiger partial charge in [-0.25, -0.2) is 4.98 Å². The van der Waals surface area contributed by atoms with Gasteiger partial charge in [-0.15, -0.1) is 11.3 Å². The Morgan fingerprint density at radius 1 is 1.58 bits per heavy atom. The molecule has 0 amide bonds. The number of hydrogen-bond acceptors (Lipinski definition) is 4. The van der Waals surface area contributed by atoms with Gasteiger partial charge in [0.15, 0.2) is 0 Å². The minimum Gasteiger partial charge on any atom is -0.392 e. The Morgan fingerprint density at radius 2 is 2.25 bits per heavy atom. The summed E-state index contributed by atoms with van der Waals surface area (Å²) in [6, 6.07) is 0. The van der Waals surface area contributed by atoms with E-state index in [2.05, 4.69) is 4.98 Å². The minimum absolute atomic E-state index is 0.218. The lowest BCUT2D eigenvalue weighted by molar-refractivity contribution is 0.196. The number of rotatable bonds is 3. The molecule has 2 unspecified atom stereocenters. The molecule has 2 nitrogen and oxygen atoms in total. The molecule has 1 aromatic heterocycles. The third kappa shape index (κ3) is 2.77. The van der Waals surface area contributed by atoms with Crippen LogP contribution in [0.15, 0.2) is 9.72 Å². The normalized spacial score (nSPS) is 16.0. The molecule has 0 aliphatic carbocycles. The van der Waals surface area contributed by atoms with Crippen molar-refractivity contribution in [2.24, 2.45) is 0 Å². The smallest absolute Gasteiger partial charge is 0.150 e. The third-order valence-electron chi connectivity index (χ3n) is 1.56. The third-order valence-corrected chi connectivity index (χ3v) is 3.95. The summed E-state index contributed by atoms with van der Waals surface area (Å²) in [5, 5.41) is 11.5. The van der Waals surface area contributed by atoms with Crippen molar-refractivity contribution in [3.05, 3.63) is 11.1 Å². The predicted molar refractivity (Wildman–Crippen MR) is 53.9 cm³/mol. The zero-order valence-corrected chi connectivity index (χ0v) is 9.08. The van der Waals surface area contributed by atoms with Crippen LogP contribution in [-0.2, 0) is 0 Å². The molecule has 1 heterocycles. The van der Waals surface area contributed by atoms with E-state index in [9.17, 15) is 5.11 Å². The Bertz CT molecular complexity index is 247. The van der Waals surface area contributed by atoms with E-state index >= 15 is 0 Å². The van der Waals surface area contributed by atoms with Crippen LogP contribution in [0.1, 0.15) is 19.5 Å². The Labute approximate surface area is 81.0 Å². The van der Waals surface area contributed by atoms with Crippen molar-refractivity contribution in [1.29, 1.82) is 0 Å². The number of thioether (sulfide) groups is 1. The SMILES string of the molecule is Cc1csc(SC(C)C(C)O)n1. The van der Waals surface area contributed by atoms with Crippen LogP contribution in [0.2, 0.25) is 0 Å². The Hall–Kier alpha value is -0.0600. The molecule has 4 heteroatoms. The maximum Gasteiger partial charge on any atom is 0.150 e. The van der Waals surface area contributed by atoms with E-state index in [-0.39, 0.29) is 11.4 Å².